The number of alkyl halides is 3. The van der Waals surface area contributed by atoms with E-state index in [9.17, 15) is 13.2 Å². The van der Waals surface area contributed by atoms with Crippen molar-refractivity contribution in [2.45, 2.75) is 51.8 Å². The van der Waals surface area contributed by atoms with Crippen molar-refractivity contribution in [2.75, 3.05) is 6.61 Å². The zero-order chi connectivity index (χ0) is 10.5. The summed E-state index contributed by atoms with van der Waals surface area (Å²) in [5.41, 5.74) is -1.96. The highest BCUT2D eigenvalue weighted by Crippen LogP contribution is 2.36. The number of halogens is 3. The van der Waals surface area contributed by atoms with Crippen LogP contribution in [0, 0.1) is 0 Å². The van der Waals surface area contributed by atoms with Gasteiger partial charge in [0.15, 0.2) is 5.60 Å². The van der Waals surface area contributed by atoms with E-state index in [4.69, 9.17) is 4.74 Å². The fraction of sp³-hybridized carbons (Fsp3) is 1.00. The molecule has 0 bridgehead atoms. The molecule has 0 aliphatic rings. The molecule has 1 atom stereocenters. The first-order valence-electron chi connectivity index (χ1n) is 4.58. The van der Waals surface area contributed by atoms with Crippen molar-refractivity contribution in [3.05, 3.63) is 0 Å². The van der Waals surface area contributed by atoms with Gasteiger partial charge in [-0.2, -0.15) is 13.2 Å². The summed E-state index contributed by atoms with van der Waals surface area (Å²) in [5, 5.41) is 0. The highest BCUT2D eigenvalue weighted by molar-refractivity contribution is 4.83. The second kappa shape index (κ2) is 4.84. The van der Waals surface area contributed by atoms with Crippen LogP contribution >= 0.6 is 0 Å². The summed E-state index contributed by atoms with van der Waals surface area (Å²) in [4.78, 5) is 0. The van der Waals surface area contributed by atoms with Gasteiger partial charge < -0.3 is 4.74 Å². The Morgan fingerprint density at radius 3 is 1.92 bits per heavy atom. The Balaban J connectivity index is 4.34. The van der Waals surface area contributed by atoms with Gasteiger partial charge in [-0.1, -0.05) is 20.3 Å². The molecule has 1 nitrogen and oxygen atoms in total. The number of hydrogen-bond donors (Lipinski definition) is 0. The molecule has 0 fully saturated rings. The van der Waals surface area contributed by atoms with Crippen molar-refractivity contribution in [1.29, 1.82) is 0 Å². The molecule has 0 aromatic carbocycles. The third kappa shape index (κ3) is 3.55. The second-order valence-electron chi connectivity index (χ2n) is 3.33. The molecule has 0 heterocycles. The molecule has 0 saturated carbocycles. The molecule has 0 aromatic heterocycles. The molecule has 13 heavy (non-hydrogen) atoms. The summed E-state index contributed by atoms with van der Waals surface area (Å²) in [5.74, 6) is 0. The minimum absolute atomic E-state index is 0.0243. The monoisotopic (exact) mass is 198 g/mol. The van der Waals surface area contributed by atoms with E-state index in [1.54, 1.807) is 13.8 Å². The van der Waals surface area contributed by atoms with Crippen LogP contribution in [-0.4, -0.2) is 18.4 Å². The first-order chi connectivity index (χ1) is 5.87. The van der Waals surface area contributed by atoms with E-state index < -0.39 is 11.8 Å². The van der Waals surface area contributed by atoms with Crippen LogP contribution in [0.3, 0.4) is 0 Å². The van der Waals surface area contributed by atoms with Crippen LogP contribution in [0.15, 0.2) is 0 Å². The van der Waals surface area contributed by atoms with Crippen molar-refractivity contribution in [3.63, 3.8) is 0 Å². The molecule has 0 rings (SSSR count). The summed E-state index contributed by atoms with van der Waals surface area (Å²) < 4.78 is 42.3. The first kappa shape index (κ1) is 12.8. The maximum atomic E-state index is 12.5. The van der Waals surface area contributed by atoms with Crippen LogP contribution in [0.1, 0.15) is 40.0 Å². The van der Waals surface area contributed by atoms with Crippen molar-refractivity contribution in [1.82, 2.24) is 0 Å². The Labute approximate surface area is 77.3 Å². The second-order valence-corrected chi connectivity index (χ2v) is 3.33. The molecule has 0 aliphatic carbocycles. The lowest BCUT2D eigenvalue weighted by Crippen LogP contribution is -2.44. The highest BCUT2D eigenvalue weighted by atomic mass is 19.4. The van der Waals surface area contributed by atoms with Crippen LogP contribution in [0.2, 0.25) is 0 Å². The van der Waals surface area contributed by atoms with Gasteiger partial charge in [0, 0.05) is 6.61 Å². The van der Waals surface area contributed by atoms with Gasteiger partial charge >= 0.3 is 6.18 Å². The topological polar surface area (TPSA) is 9.23 Å². The largest absolute Gasteiger partial charge is 0.417 e. The Hall–Kier alpha value is -0.250. The molecule has 0 spiro atoms. The minimum Gasteiger partial charge on any atom is -0.366 e. The Kier molecular flexibility index (Phi) is 4.75. The molecule has 1 unspecified atom stereocenters. The summed E-state index contributed by atoms with van der Waals surface area (Å²) in [6, 6.07) is 0. The average molecular weight is 198 g/mol. The molecule has 0 saturated heterocycles. The number of ether oxygens (including phenoxy) is 1. The van der Waals surface area contributed by atoms with Crippen LogP contribution in [0.5, 0.6) is 0 Å². The molecule has 0 amide bonds. The maximum Gasteiger partial charge on any atom is 0.417 e. The third-order valence-electron chi connectivity index (χ3n) is 1.95. The van der Waals surface area contributed by atoms with Crippen LogP contribution < -0.4 is 0 Å². The van der Waals surface area contributed by atoms with Gasteiger partial charge in [0.2, 0.25) is 0 Å². The molecule has 4 heteroatoms. The van der Waals surface area contributed by atoms with E-state index in [2.05, 4.69) is 0 Å². The van der Waals surface area contributed by atoms with Crippen molar-refractivity contribution >= 4 is 0 Å². The number of rotatable bonds is 5. The third-order valence-corrected chi connectivity index (χ3v) is 1.95. The lowest BCUT2D eigenvalue weighted by molar-refractivity contribution is -0.273. The van der Waals surface area contributed by atoms with E-state index in [1.807, 2.05) is 0 Å². The predicted molar refractivity (Wildman–Crippen MR) is 45.6 cm³/mol. The lowest BCUT2D eigenvalue weighted by atomic mass is 10.00. The molecule has 0 aliphatic heterocycles. The van der Waals surface area contributed by atoms with Gasteiger partial charge in [-0.15, -0.1) is 0 Å². The zero-order valence-electron chi connectivity index (χ0n) is 8.37. The van der Waals surface area contributed by atoms with Crippen LogP contribution in [0.25, 0.3) is 0 Å². The smallest absolute Gasteiger partial charge is 0.366 e. The standard InChI is InChI=1S/C9H17F3O/c1-4-6-8(3,9(10,11)12)13-7-5-2/h4-7H2,1-3H3. The van der Waals surface area contributed by atoms with E-state index in [0.29, 0.717) is 12.8 Å². The normalized spacial score (nSPS) is 17.1. The predicted octanol–water partition coefficient (Wildman–Crippen LogP) is 3.53. The summed E-state index contributed by atoms with van der Waals surface area (Å²) >= 11 is 0. The fourth-order valence-corrected chi connectivity index (χ4v) is 1.10. The van der Waals surface area contributed by atoms with E-state index in [1.165, 1.54) is 0 Å². The van der Waals surface area contributed by atoms with Gasteiger partial charge in [-0.3, -0.25) is 0 Å². The lowest BCUT2D eigenvalue weighted by Gasteiger charge is -2.31. The quantitative estimate of drug-likeness (QED) is 0.656. The fourth-order valence-electron chi connectivity index (χ4n) is 1.10. The van der Waals surface area contributed by atoms with Gasteiger partial charge in [-0.05, 0) is 19.8 Å². The van der Waals surface area contributed by atoms with Crippen LogP contribution in [0.4, 0.5) is 13.2 Å². The maximum absolute atomic E-state index is 12.5. The minimum atomic E-state index is -4.27. The van der Waals surface area contributed by atoms with Gasteiger partial charge in [0.25, 0.3) is 0 Å². The Bertz CT molecular complexity index is 144. The molecule has 0 N–H and O–H groups in total. The Morgan fingerprint density at radius 1 is 1.08 bits per heavy atom. The molecular formula is C9H17F3O. The molecule has 0 radical (unpaired) electrons. The van der Waals surface area contributed by atoms with Crippen molar-refractivity contribution in [2.24, 2.45) is 0 Å². The Morgan fingerprint density at radius 2 is 1.62 bits per heavy atom. The van der Waals surface area contributed by atoms with Gasteiger partial charge in [-0.25, -0.2) is 0 Å². The van der Waals surface area contributed by atoms with Crippen molar-refractivity contribution < 1.29 is 17.9 Å². The SMILES string of the molecule is CCCOC(C)(CCC)C(F)(F)F. The van der Waals surface area contributed by atoms with Gasteiger partial charge in [0.05, 0.1) is 0 Å². The van der Waals surface area contributed by atoms with E-state index >= 15 is 0 Å². The molecule has 0 aromatic rings. The number of hydrogen-bond acceptors (Lipinski definition) is 1. The summed E-state index contributed by atoms with van der Waals surface area (Å²) in [6.45, 7) is 4.80. The molecular weight excluding hydrogens is 181 g/mol. The summed E-state index contributed by atoms with van der Waals surface area (Å²) in [7, 11) is 0. The summed E-state index contributed by atoms with van der Waals surface area (Å²) in [6.07, 6.45) is -3.16. The zero-order valence-corrected chi connectivity index (χ0v) is 8.37. The van der Waals surface area contributed by atoms with Crippen LogP contribution in [-0.2, 0) is 4.74 Å². The highest BCUT2D eigenvalue weighted by Gasteiger charge is 2.51. The molecule has 80 valence electrons. The van der Waals surface area contributed by atoms with Crippen molar-refractivity contribution in [3.8, 4) is 0 Å². The first-order valence-corrected chi connectivity index (χ1v) is 4.58. The van der Waals surface area contributed by atoms with Gasteiger partial charge in [0.1, 0.15) is 0 Å². The van der Waals surface area contributed by atoms with E-state index in [0.717, 1.165) is 6.92 Å². The average Bonchev–Trinajstić information content (AvgIpc) is 1.99. The van der Waals surface area contributed by atoms with E-state index in [-0.39, 0.29) is 13.0 Å².